The second-order valence-corrected chi connectivity index (χ2v) is 6.45. The van der Waals surface area contributed by atoms with Crippen LogP contribution in [0.15, 0.2) is 60.7 Å². The maximum absolute atomic E-state index is 12.5. The Morgan fingerprint density at radius 2 is 1.69 bits per heavy atom. The Balaban J connectivity index is 1.95. The largest absolute Gasteiger partial charge is 0.493 e. The zero-order valence-corrected chi connectivity index (χ0v) is 18.1. The van der Waals surface area contributed by atoms with Gasteiger partial charge in [0.25, 0.3) is 0 Å². The van der Waals surface area contributed by atoms with Crippen LogP contribution in [0.1, 0.15) is 22.8 Å². The van der Waals surface area contributed by atoms with Crippen molar-refractivity contribution in [3.63, 3.8) is 0 Å². The number of rotatable bonds is 10. The van der Waals surface area contributed by atoms with Gasteiger partial charge in [-0.25, -0.2) is 14.4 Å². The topological polar surface area (TPSA) is 97.4 Å². The third-order valence-electron chi connectivity index (χ3n) is 4.03. The minimum absolute atomic E-state index is 0.0834. The monoisotopic (exact) mass is 440 g/mol. The molecule has 0 amide bonds. The molecule has 0 aliphatic heterocycles. The van der Waals surface area contributed by atoms with Crippen LogP contribution < -0.4 is 14.2 Å². The summed E-state index contributed by atoms with van der Waals surface area (Å²) in [6.45, 7) is 5.30. The predicted octanol–water partition coefficient (Wildman–Crippen LogP) is 3.60. The molecule has 0 spiro atoms. The normalized spacial score (nSPS) is 10.3. The lowest BCUT2D eigenvalue weighted by molar-refractivity contribution is -0.139. The molecule has 0 saturated heterocycles. The summed E-state index contributed by atoms with van der Waals surface area (Å²) in [6.07, 6.45) is 2.83. The van der Waals surface area contributed by atoms with Gasteiger partial charge in [-0.15, -0.1) is 0 Å². The molecule has 2 aromatic carbocycles. The maximum atomic E-state index is 12.5. The standard InChI is InChI=1S/C24H24O8/c1-16(2)23(26)31-14-13-30-19-9-7-18(8-10-19)24(27)32-20-11-5-17(15-21(20)28-3)6-12-22(25)29-4/h5-12,15H,1,13-14H2,2-4H3/b12-6+. The molecular formula is C24H24O8. The van der Waals surface area contributed by atoms with Crippen LogP contribution in [0.5, 0.6) is 17.2 Å². The van der Waals surface area contributed by atoms with Gasteiger partial charge in [0, 0.05) is 11.6 Å². The molecule has 0 radical (unpaired) electrons. The maximum Gasteiger partial charge on any atom is 0.343 e. The van der Waals surface area contributed by atoms with E-state index in [0.29, 0.717) is 28.2 Å². The van der Waals surface area contributed by atoms with E-state index in [1.165, 1.54) is 20.3 Å². The van der Waals surface area contributed by atoms with Crippen molar-refractivity contribution in [2.24, 2.45) is 0 Å². The van der Waals surface area contributed by atoms with E-state index in [1.54, 1.807) is 55.5 Å². The molecule has 2 rings (SSSR count). The molecule has 0 heterocycles. The molecule has 0 aliphatic carbocycles. The molecule has 0 bridgehead atoms. The summed E-state index contributed by atoms with van der Waals surface area (Å²) < 4.78 is 25.7. The molecule has 0 aromatic heterocycles. The van der Waals surface area contributed by atoms with Crippen molar-refractivity contribution in [1.29, 1.82) is 0 Å². The van der Waals surface area contributed by atoms with Gasteiger partial charge < -0.3 is 23.7 Å². The van der Waals surface area contributed by atoms with Gasteiger partial charge in [-0.05, 0) is 55.0 Å². The number of carbonyl (C=O) groups excluding carboxylic acids is 3. The highest BCUT2D eigenvalue weighted by molar-refractivity contribution is 5.91. The van der Waals surface area contributed by atoms with E-state index in [1.807, 2.05) is 0 Å². The molecule has 2 aromatic rings. The Bertz CT molecular complexity index is 1010. The first kappa shape index (κ1) is 24.2. The Morgan fingerprint density at radius 3 is 2.31 bits per heavy atom. The van der Waals surface area contributed by atoms with Crippen LogP contribution in [-0.4, -0.2) is 45.3 Å². The van der Waals surface area contributed by atoms with E-state index in [9.17, 15) is 14.4 Å². The number of methoxy groups -OCH3 is 2. The van der Waals surface area contributed by atoms with Crippen LogP contribution in [0, 0.1) is 0 Å². The number of carbonyl (C=O) groups is 3. The predicted molar refractivity (Wildman–Crippen MR) is 117 cm³/mol. The average Bonchev–Trinajstić information content (AvgIpc) is 2.80. The van der Waals surface area contributed by atoms with Crippen molar-refractivity contribution in [3.8, 4) is 17.2 Å². The van der Waals surface area contributed by atoms with Crippen molar-refractivity contribution in [3.05, 3.63) is 71.8 Å². The summed E-state index contributed by atoms with van der Waals surface area (Å²) >= 11 is 0. The summed E-state index contributed by atoms with van der Waals surface area (Å²) in [4.78, 5) is 35.0. The summed E-state index contributed by atoms with van der Waals surface area (Å²) in [5.41, 5.74) is 1.29. The highest BCUT2D eigenvalue weighted by Gasteiger charge is 2.13. The van der Waals surface area contributed by atoms with Gasteiger partial charge in [-0.1, -0.05) is 12.6 Å². The van der Waals surface area contributed by atoms with Crippen LogP contribution in [-0.2, 0) is 19.1 Å². The third kappa shape index (κ3) is 7.32. The van der Waals surface area contributed by atoms with E-state index in [2.05, 4.69) is 11.3 Å². The van der Waals surface area contributed by atoms with E-state index < -0.39 is 17.9 Å². The van der Waals surface area contributed by atoms with Gasteiger partial charge >= 0.3 is 17.9 Å². The zero-order valence-electron chi connectivity index (χ0n) is 18.1. The quantitative estimate of drug-likeness (QED) is 0.239. The van der Waals surface area contributed by atoms with E-state index in [4.69, 9.17) is 18.9 Å². The zero-order chi connectivity index (χ0) is 23.5. The van der Waals surface area contributed by atoms with Crippen LogP contribution in [0.3, 0.4) is 0 Å². The lowest BCUT2D eigenvalue weighted by atomic mass is 10.2. The van der Waals surface area contributed by atoms with E-state index >= 15 is 0 Å². The lowest BCUT2D eigenvalue weighted by Gasteiger charge is -2.11. The molecule has 0 unspecified atom stereocenters. The first-order valence-electron chi connectivity index (χ1n) is 9.55. The Kier molecular flexibility index (Phi) is 9.04. The fourth-order valence-corrected chi connectivity index (χ4v) is 2.37. The molecule has 0 saturated carbocycles. The number of ether oxygens (including phenoxy) is 5. The summed E-state index contributed by atoms with van der Waals surface area (Å²) in [6, 6.07) is 11.2. The average molecular weight is 440 g/mol. The van der Waals surface area contributed by atoms with E-state index in [0.717, 1.165) is 0 Å². The SMILES string of the molecule is C=C(C)C(=O)OCCOc1ccc(C(=O)Oc2ccc(/C=C/C(=O)OC)cc2OC)cc1. The number of hydrogen-bond donors (Lipinski definition) is 0. The van der Waals surface area contributed by atoms with Crippen LogP contribution >= 0.6 is 0 Å². The Labute approximate surface area is 186 Å². The first-order valence-corrected chi connectivity index (χ1v) is 9.55. The summed E-state index contributed by atoms with van der Waals surface area (Å²) in [5.74, 6) is -0.480. The molecule has 0 aliphatic rings. The number of benzene rings is 2. The Hall–Kier alpha value is -4.07. The molecule has 8 heteroatoms. The van der Waals surface area contributed by atoms with Crippen molar-refractivity contribution in [2.45, 2.75) is 6.92 Å². The van der Waals surface area contributed by atoms with Crippen LogP contribution in [0.25, 0.3) is 6.08 Å². The first-order chi connectivity index (χ1) is 15.3. The van der Waals surface area contributed by atoms with Gasteiger partial charge in [0.2, 0.25) is 0 Å². The number of hydrogen-bond acceptors (Lipinski definition) is 8. The van der Waals surface area contributed by atoms with Crippen molar-refractivity contribution >= 4 is 24.0 Å². The van der Waals surface area contributed by atoms with Gasteiger partial charge in [0.15, 0.2) is 11.5 Å². The minimum atomic E-state index is -0.580. The molecule has 0 N–H and O–H groups in total. The second-order valence-electron chi connectivity index (χ2n) is 6.45. The fraction of sp³-hybridized carbons (Fsp3) is 0.208. The van der Waals surface area contributed by atoms with Crippen molar-refractivity contribution < 1.29 is 38.1 Å². The molecular weight excluding hydrogens is 416 g/mol. The lowest BCUT2D eigenvalue weighted by Crippen LogP contribution is -2.12. The van der Waals surface area contributed by atoms with Crippen LogP contribution in [0.4, 0.5) is 0 Å². The Morgan fingerprint density at radius 1 is 0.969 bits per heavy atom. The van der Waals surface area contributed by atoms with Gasteiger partial charge in [0.1, 0.15) is 19.0 Å². The molecule has 32 heavy (non-hydrogen) atoms. The fourth-order valence-electron chi connectivity index (χ4n) is 2.37. The van der Waals surface area contributed by atoms with Gasteiger partial charge in [-0.2, -0.15) is 0 Å². The molecule has 8 nitrogen and oxygen atoms in total. The highest BCUT2D eigenvalue weighted by Crippen LogP contribution is 2.29. The molecule has 0 atom stereocenters. The second kappa shape index (κ2) is 11.9. The van der Waals surface area contributed by atoms with Crippen LogP contribution in [0.2, 0.25) is 0 Å². The smallest absolute Gasteiger partial charge is 0.343 e. The third-order valence-corrected chi connectivity index (χ3v) is 4.03. The van der Waals surface area contributed by atoms with Crippen molar-refractivity contribution in [2.75, 3.05) is 27.4 Å². The summed E-state index contributed by atoms with van der Waals surface area (Å²) in [7, 11) is 2.73. The van der Waals surface area contributed by atoms with Gasteiger partial charge in [-0.3, -0.25) is 0 Å². The minimum Gasteiger partial charge on any atom is -0.493 e. The summed E-state index contributed by atoms with van der Waals surface area (Å²) in [5, 5.41) is 0. The molecule has 168 valence electrons. The van der Waals surface area contributed by atoms with Crippen molar-refractivity contribution in [1.82, 2.24) is 0 Å². The molecule has 0 fully saturated rings. The van der Waals surface area contributed by atoms with Gasteiger partial charge in [0.05, 0.1) is 19.8 Å². The number of esters is 3. The van der Waals surface area contributed by atoms with E-state index in [-0.39, 0.29) is 19.0 Å². The highest BCUT2D eigenvalue weighted by atomic mass is 16.6.